The fourth-order valence-electron chi connectivity index (χ4n) is 2.59. The number of aromatic carboxylic acids is 1. The van der Waals surface area contributed by atoms with Gasteiger partial charge in [0.05, 0.1) is 28.3 Å². The molecule has 96 valence electrons. The molecule has 1 N–H and O–H groups in total. The van der Waals surface area contributed by atoms with Crippen molar-refractivity contribution in [1.29, 1.82) is 0 Å². The van der Waals surface area contributed by atoms with E-state index < -0.39 is 5.97 Å². The van der Waals surface area contributed by atoms with Crippen molar-refractivity contribution in [3.8, 4) is 0 Å². The lowest BCUT2D eigenvalue weighted by molar-refractivity contribution is 0.0689. The number of nitrogens with zero attached hydrogens (tertiary/aromatic N) is 3. The third kappa shape index (κ3) is 1.43. The fraction of sp³-hybridized carbons (Fsp3) is 0.0667. The molecule has 20 heavy (non-hydrogen) atoms. The monoisotopic (exact) mass is 263 g/mol. The lowest BCUT2D eigenvalue weighted by atomic mass is 9.97. The Morgan fingerprint density at radius 2 is 2.10 bits per heavy atom. The molecule has 1 aromatic carbocycles. The van der Waals surface area contributed by atoms with Gasteiger partial charge in [-0.05, 0) is 6.07 Å². The van der Waals surface area contributed by atoms with Crippen LogP contribution in [0, 0.1) is 0 Å². The highest BCUT2D eigenvalue weighted by Gasteiger charge is 2.24. The Morgan fingerprint density at radius 3 is 2.95 bits per heavy atom. The van der Waals surface area contributed by atoms with Gasteiger partial charge in [-0.15, -0.1) is 0 Å². The summed E-state index contributed by atoms with van der Waals surface area (Å²) in [4.78, 5) is 24.0. The molecular formula is C15H9N3O2. The summed E-state index contributed by atoms with van der Waals surface area (Å²) in [5.41, 5.74) is 3.88. The molecule has 2 heterocycles. The summed E-state index contributed by atoms with van der Waals surface area (Å²) in [5.74, 6) is -1.06. The number of carbonyl (C=O) groups is 1. The Hall–Kier alpha value is -2.82. The maximum absolute atomic E-state index is 11.0. The highest BCUT2D eigenvalue weighted by atomic mass is 16.4. The summed E-state index contributed by atoms with van der Waals surface area (Å²) in [6, 6.07) is 7.88. The van der Waals surface area contributed by atoms with E-state index in [1.54, 1.807) is 0 Å². The van der Waals surface area contributed by atoms with Crippen molar-refractivity contribution in [2.75, 3.05) is 0 Å². The van der Waals surface area contributed by atoms with Gasteiger partial charge in [-0.2, -0.15) is 0 Å². The Balaban J connectivity index is 2.09. The molecular weight excluding hydrogens is 254 g/mol. The van der Waals surface area contributed by atoms with Crippen molar-refractivity contribution in [3.63, 3.8) is 0 Å². The van der Waals surface area contributed by atoms with E-state index in [9.17, 15) is 4.79 Å². The second-order valence-corrected chi connectivity index (χ2v) is 4.65. The standard InChI is InChI=1S/C15H9N3O2/c19-15(20)12-7-16-14-11(18-12)6-5-10-13(14)8-3-1-2-4-9(8)17-10/h1-4,6-7H,5H2,(H,19,20). The lowest BCUT2D eigenvalue weighted by Crippen LogP contribution is -2.39. The molecule has 0 fully saturated rings. The van der Waals surface area contributed by atoms with Crippen molar-refractivity contribution in [1.82, 2.24) is 9.97 Å². The van der Waals surface area contributed by atoms with Gasteiger partial charge in [-0.1, -0.05) is 24.3 Å². The van der Waals surface area contributed by atoms with Crippen LogP contribution in [0.5, 0.6) is 0 Å². The van der Waals surface area contributed by atoms with Crippen LogP contribution in [0.25, 0.3) is 11.6 Å². The van der Waals surface area contributed by atoms with E-state index in [0.29, 0.717) is 17.1 Å². The number of benzene rings is 1. The molecule has 0 atom stereocenters. The molecule has 0 saturated heterocycles. The van der Waals surface area contributed by atoms with E-state index in [0.717, 1.165) is 22.5 Å². The first-order chi connectivity index (χ1) is 9.74. The molecule has 0 bridgehead atoms. The third-order valence-corrected chi connectivity index (χ3v) is 3.46. The number of hydrogen-bond acceptors (Lipinski definition) is 4. The predicted octanol–water partition coefficient (Wildman–Crippen LogP) is 0.644. The molecule has 2 aliphatic rings. The van der Waals surface area contributed by atoms with Gasteiger partial charge in [0.25, 0.3) is 0 Å². The molecule has 1 aliphatic carbocycles. The minimum Gasteiger partial charge on any atom is -0.476 e. The molecule has 4 rings (SSSR count). The minimum atomic E-state index is -1.06. The van der Waals surface area contributed by atoms with Gasteiger partial charge < -0.3 is 5.11 Å². The lowest BCUT2D eigenvalue weighted by Gasteiger charge is -2.07. The van der Waals surface area contributed by atoms with E-state index >= 15 is 0 Å². The van der Waals surface area contributed by atoms with Crippen LogP contribution in [-0.2, 0) is 0 Å². The molecule has 0 saturated carbocycles. The first kappa shape index (κ1) is 11.0. The molecule has 5 heteroatoms. The Labute approximate surface area is 113 Å². The smallest absolute Gasteiger partial charge is 0.356 e. The first-order valence-corrected chi connectivity index (χ1v) is 6.22. The average molecular weight is 263 g/mol. The summed E-state index contributed by atoms with van der Waals surface area (Å²) in [6.07, 6.45) is 3.82. The van der Waals surface area contributed by atoms with Crippen LogP contribution in [0.4, 0.5) is 5.69 Å². The number of rotatable bonds is 1. The van der Waals surface area contributed by atoms with Crippen molar-refractivity contribution in [2.45, 2.75) is 6.42 Å². The Bertz CT molecular complexity index is 913. The molecule has 0 unspecified atom stereocenters. The van der Waals surface area contributed by atoms with Gasteiger partial charge in [0.15, 0.2) is 5.69 Å². The van der Waals surface area contributed by atoms with E-state index in [2.05, 4.69) is 15.0 Å². The van der Waals surface area contributed by atoms with Crippen LogP contribution in [0.15, 0.2) is 35.5 Å². The highest BCUT2D eigenvalue weighted by Crippen LogP contribution is 2.34. The molecule has 0 amide bonds. The first-order valence-electron chi connectivity index (χ1n) is 6.22. The zero-order valence-corrected chi connectivity index (χ0v) is 10.4. The van der Waals surface area contributed by atoms with Gasteiger partial charge in [-0.3, -0.25) is 9.98 Å². The predicted molar refractivity (Wildman–Crippen MR) is 73.4 cm³/mol. The summed E-state index contributed by atoms with van der Waals surface area (Å²) >= 11 is 0. The van der Waals surface area contributed by atoms with E-state index in [-0.39, 0.29) is 5.69 Å². The molecule has 5 nitrogen and oxygen atoms in total. The van der Waals surface area contributed by atoms with Crippen molar-refractivity contribution >= 4 is 29.0 Å². The molecule has 2 aromatic rings. The maximum Gasteiger partial charge on any atom is 0.356 e. The van der Waals surface area contributed by atoms with E-state index in [1.165, 1.54) is 6.20 Å². The van der Waals surface area contributed by atoms with Crippen LogP contribution >= 0.6 is 0 Å². The minimum absolute atomic E-state index is 0.0349. The normalized spacial score (nSPS) is 14.8. The highest BCUT2D eigenvalue weighted by molar-refractivity contribution is 6.30. The SMILES string of the molecule is O=C(O)c1cnc2c(n1)=CCC1=Nc3ccccc3C=21. The third-order valence-electron chi connectivity index (χ3n) is 3.46. The van der Waals surface area contributed by atoms with Gasteiger partial charge in [0.1, 0.15) is 0 Å². The summed E-state index contributed by atoms with van der Waals surface area (Å²) in [7, 11) is 0. The summed E-state index contributed by atoms with van der Waals surface area (Å²) < 4.78 is 0. The molecule has 1 aliphatic heterocycles. The summed E-state index contributed by atoms with van der Waals surface area (Å²) in [6.45, 7) is 0. The number of aliphatic imine (C=N–C) groups is 1. The number of carboxylic acids is 1. The fourth-order valence-corrected chi connectivity index (χ4v) is 2.59. The molecule has 1 aromatic heterocycles. The van der Waals surface area contributed by atoms with Crippen LogP contribution in [0.3, 0.4) is 0 Å². The number of fused-ring (bicyclic) bond motifs is 4. The second-order valence-electron chi connectivity index (χ2n) is 4.65. The Kier molecular flexibility index (Phi) is 2.12. The quantitative estimate of drug-likeness (QED) is 0.819. The van der Waals surface area contributed by atoms with Crippen molar-refractivity contribution < 1.29 is 9.90 Å². The molecule has 0 spiro atoms. The number of hydrogen-bond donors (Lipinski definition) is 1. The molecule has 0 radical (unpaired) electrons. The second kappa shape index (κ2) is 3.84. The number of aromatic nitrogens is 2. The zero-order chi connectivity index (χ0) is 13.7. The zero-order valence-electron chi connectivity index (χ0n) is 10.4. The van der Waals surface area contributed by atoms with Crippen LogP contribution in [0.2, 0.25) is 0 Å². The van der Waals surface area contributed by atoms with Crippen LogP contribution < -0.4 is 10.7 Å². The van der Waals surface area contributed by atoms with Gasteiger partial charge in [0.2, 0.25) is 0 Å². The number of carboxylic acid groups (broad SMARTS) is 1. The van der Waals surface area contributed by atoms with Crippen molar-refractivity contribution in [2.24, 2.45) is 4.99 Å². The largest absolute Gasteiger partial charge is 0.476 e. The topological polar surface area (TPSA) is 75.4 Å². The van der Waals surface area contributed by atoms with Gasteiger partial charge in [-0.25, -0.2) is 9.78 Å². The van der Waals surface area contributed by atoms with Gasteiger partial charge in [0, 0.05) is 17.6 Å². The maximum atomic E-state index is 11.0. The van der Waals surface area contributed by atoms with E-state index in [1.807, 2.05) is 30.3 Å². The summed E-state index contributed by atoms with van der Waals surface area (Å²) in [5, 5.41) is 10.3. The van der Waals surface area contributed by atoms with Crippen LogP contribution in [0.1, 0.15) is 22.5 Å². The van der Waals surface area contributed by atoms with E-state index in [4.69, 9.17) is 5.11 Å². The van der Waals surface area contributed by atoms with Gasteiger partial charge >= 0.3 is 5.97 Å². The Morgan fingerprint density at radius 1 is 1.25 bits per heavy atom. The average Bonchev–Trinajstić information content (AvgIpc) is 2.85. The van der Waals surface area contributed by atoms with Crippen LogP contribution in [-0.4, -0.2) is 26.8 Å². The number of para-hydroxylation sites is 1. The van der Waals surface area contributed by atoms with Crippen molar-refractivity contribution in [3.05, 3.63) is 52.4 Å².